The van der Waals surface area contributed by atoms with Crippen molar-refractivity contribution < 1.29 is 24.7 Å². The van der Waals surface area contributed by atoms with Crippen LogP contribution >= 0.6 is 0 Å². The van der Waals surface area contributed by atoms with E-state index in [1.165, 1.54) is 0 Å². The van der Waals surface area contributed by atoms with Gasteiger partial charge in [-0.3, -0.25) is 9.59 Å². The molecule has 0 bridgehead atoms. The van der Waals surface area contributed by atoms with E-state index in [0.717, 1.165) is 0 Å². The van der Waals surface area contributed by atoms with Crippen molar-refractivity contribution in [3.05, 3.63) is 0 Å². The van der Waals surface area contributed by atoms with Gasteiger partial charge >= 0.3 is 13.1 Å². The fraction of sp³-hybridized carbons (Fsp3) is 0.846. The molecule has 0 radical (unpaired) electrons. The number of nitrogens with one attached hydrogen (secondary N) is 2. The fourth-order valence-corrected chi connectivity index (χ4v) is 2.75. The molecule has 0 aromatic carbocycles. The highest BCUT2D eigenvalue weighted by atomic mass is 16.4. The van der Waals surface area contributed by atoms with Crippen molar-refractivity contribution in [2.45, 2.75) is 63.0 Å². The van der Waals surface area contributed by atoms with E-state index in [1.54, 1.807) is 6.92 Å². The molecule has 0 spiro atoms. The second-order valence-electron chi connectivity index (χ2n) is 6.03. The molecule has 1 aliphatic rings. The summed E-state index contributed by atoms with van der Waals surface area (Å²) in [5.74, 6) is -1.23. The molecule has 3 atom stereocenters. The molecule has 1 rings (SSSR count). The van der Waals surface area contributed by atoms with E-state index in [1.807, 2.05) is 0 Å². The Balaban J connectivity index is 2.60. The Morgan fingerprint density at radius 1 is 1.45 bits per heavy atom. The van der Waals surface area contributed by atoms with Crippen molar-refractivity contribution >= 4 is 19.0 Å². The molecule has 126 valence electrons. The molecule has 1 aliphatic heterocycles. The molecule has 7 N–H and O–H groups in total. The lowest BCUT2D eigenvalue weighted by atomic mass is 9.78. The first-order valence-corrected chi connectivity index (χ1v) is 7.67. The highest BCUT2D eigenvalue weighted by Gasteiger charge is 2.42. The summed E-state index contributed by atoms with van der Waals surface area (Å²) >= 11 is 0. The van der Waals surface area contributed by atoms with Crippen molar-refractivity contribution in [2.75, 3.05) is 6.54 Å². The maximum Gasteiger partial charge on any atom is 0.451 e. The summed E-state index contributed by atoms with van der Waals surface area (Å²) in [6, 6.07) is -0.848. The summed E-state index contributed by atoms with van der Waals surface area (Å²) in [4.78, 5) is 23.3. The summed E-state index contributed by atoms with van der Waals surface area (Å²) in [5, 5.41) is 33.0. The van der Waals surface area contributed by atoms with Crippen LogP contribution in [0.1, 0.15) is 39.0 Å². The number of piperidine rings is 1. The molecule has 1 heterocycles. The van der Waals surface area contributed by atoms with Crippen molar-refractivity contribution in [1.29, 1.82) is 0 Å². The fourth-order valence-electron chi connectivity index (χ4n) is 2.75. The van der Waals surface area contributed by atoms with Gasteiger partial charge < -0.3 is 31.5 Å². The molecule has 1 fully saturated rings. The number of hydrogen-bond acceptors (Lipinski definition) is 6. The number of nitrogens with two attached hydrogens (primary N) is 1. The number of carboxylic acid groups (broad SMARTS) is 1. The van der Waals surface area contributed by atoms with E-state index in [-0.39, 0.29) is 18.3 Å². The number of rotatable bonds is 8. The predicted octanol–water partition coefficient (Wildman–Crippen LogP) is -1.33. The van der Waals surface area contributed by atoms with Crippen molar-refractivity contribution in [3.8, 4) is 0 Å². The first-order chi connectivity index (χ1) is 10.3. The molecule has 0 aromatic heterocycles. The highest BCUT2D eigenvalue weighted by Crippen LogP contribution is 2.26. The van der Waals surface area contributed by atoms with Gasteiger partial charge in [-0.05, 0) is 39.1 Å². The molecule has 9 heteroatoms. The van der Waals surface area contributed by atoms with E-state index >= 15 is 0 Å². The lowest BCUT2D eigenvalue weighted by molar-refractivity contribution is -0.147. The van der Waals surface area contributed by atoms with Crippen LogP contribution in [-0.4, -0.2) is 58.3 Å². The summed E-state index contributed by atoms with van der Waals surface area (Å²) in [7, 11) is -1.36. The average Bonchev–Trinajstić information content (AvgIpc) is 2.43. The highest BCUT2D eigenvalue weighted by molar-refractivity contribution is 6.40. The molecular weight excluding hydrogens is 289 g/mol. The van der Waals surface area contributed by atoms with Crippen LogP contribution in [0, 0.1) is 0 Å². The van der Waals surface area contributed by atoms with Crippen LogP contribution in [0.5, 0.6) is 0 Å². The van der Waals surface area contributed by atoms with Crippen LogP contribution in [0.2, 0.25) is 6.32 Å². The molecule has 8 nitrogen and oxygen atoms in total. The van der Waals surface area contributed by atoms with Crippen LogP contribution in [0.3, 0.4) is 0 Å². The van der Waals surface area contributed by atoms with Gasteiger partial charge in [0.05, 0.1) is 6.04 Å². The number of hydrogen-bond donors (Lipinski definition) is 6. The standard InChI is InChI=1S/C13H26BN3O5/c1-9(15)11(18)17-10-4-7-16-13(8-10,12(19)20)5-2-3-6-14(21)22/h9-10,16,21-22H,2-8,15H2,1H3,(H,17,18)(H,19,20)/t9-,10-,13+/m0/s1. The van der Waals surface area contributed by atoms with E-state index in [4.69, 9.17) is 15.8 Å². The summed E-state index contributed by atoms with van der Waals surface area (Å²) in [5.41, 5.74) is 4.43. The largest absolute Gasteiger partial charge is 0.480 e. The molecule has 0 aliphatic carbocycles. The van der Waals surface area contributed by atoms with E-state index in [2.05, 4.69) is 10.6 Å². The summed E-state index contributed by atoms with van der Waals surface area (Å²) < 4.78 is 0. The molecule has 1 saturated heterocycles. The molecule has 0 saturated carbocycles. The Bertz CT molecular complexity index is 394. The van der Waals surface area contributed by atoms with Crippen LogP contribution in [0.25, 0.3) is 0 Å². The Hall–Kier alpha value is -1.16. The Kier molecular flexibility index (Phi) is 7.27. The van der Waals surface area contributed by atoms with Gasteiger partial charge in [-0.25, -0.2) is 0 Å². The Morgan fingerprint density at radius 2 is 2.14 bits per heavy atom. The third-order valence-corrected chi connectivity index (χ3v) is 4.04. The number of carboxylic acids is 1. The average molecular weight is 315 g/mol. The van der Waals surface area contributed by atoms with Crippen molar-refractivity contribution in [3.63, 3.8) is 0 Å². The second-order valence-corrected chi connectivity index (χ2v) is 6.03. The third kappa shape index (κ3) is 5.56. The van der Waals surface area contributed by atoms with E-state index < -0.39 is 24.7 Å². The van der Waals surface area contributed by atoms with Crippen LogP contribution in [-0.2, 0) is 9.59 Å². The van der Waals surface area contributed by atoms with Gasteiger partial charge in [0.25, 0.3) is 0 Å². The lowest BCUT2D eigenvalue weighted by Crippen LogP contribution is -2.61. The lowest BCUT2D eigenvalue weighted by Gasteiger charge is -2.39. The minimum absolute atomic E-state index is 0.223. The minimum Gasteiger partial charge on any atom is -0.480 e. The van der Waals surface area contributed by atoms with Gasteiger partial charge in [0, 0.05) is 6.04 Å². The second kappa shape index (κ2) is 8.47. The maximum absolute atomic E-state index is 11.7. The minimum atomic E-state index is -1.36. The summed E-state index contributed by atoms with van der Waals surface area (Å²) in [6.45, 7) is 2.08. The Labute approximate surface area is 130 Å². The number of carbonyl (C=O) groups is 2. The quantitative estimate of drug-likeness (QED) is 0.240. The molecule has 22 heavy (non-hydrogen) atoms. The normalized spacial score (nSPS) is 26.3. The SMILES string of the molecule is C[C@H](N)C(=O)N[C@H]1CCN[C@@](CCCCB(O)O)(C(=O)O)C1. The maximum atomic E-state index is 11.7. The van der Waals surface area contributed by atoms with Gasteiger partial charge in [0.1, 0.15) is 5.54 Å². The topological polar surface area (TPSA) is 145 Å². The van der Waals surface area contributed by atoms with Gasteiger partial charge in [-0.1, -0.05) is 12.8 Å². The third-order valence-electron chi connectivity index (χ3n) is 4.04. The number of aliphatic carboxylic acids is 1. The smallest absolute Gasteiger partial charge is 0.451 e. The van der Waals surface area contributed by atoms with E-state index in [9.17, 15) is 14.7 Å². The number of unbranched alkanes of at least 4 members (excludes halogenated alkanes) is 1. The monoisotopic (exact) mass is 315 g/mol. The van der Waals surface area contributed by atoms with Gasteiger partial charge in [0.2, 0.25) is 5.91 Å². The van der Waals surface area contributed by atoms with Crippen molar-refractivity contribution in [2.24, 2.45) is 5.73 Å². The molecule has 0 unspecified atom stereocenters. The zero-order valence-electron chi connectivity index (χ0n) is 12.9. The first-order valence-electron chi connectivity index (χ1n) is 7.67. The van der Waals surface area contributed by atoms with Crippen LogP contribution < -0.4 is 16.4 Å². The predicted molar refractivity (Wildman–Crippen MR) is 82.0 cm³/mol. The molecule has 0 aromatic rings. The van der Waals surface area contributed by atoms with Gasteiger partial charge in [-0.2, -0.15) is 0 Å². The number of amides is 1. The zero-order chi connectivity index (χ0) is 16.8. The van der Waals surface area contributed by atoms with E-state index in [0.29, 0.717) is 38.6 Å². The van der Waals surface area contributed by atoms with Gasteiger partial charge in [0.15, 0.2) is 0 Å². The van der Waals surface area contributed by atoms with Crippen LogP contribution in [0.15, 0.2) is 0 Å². The molecule has 1 amide bonds. The zero-order valence-corrected chi connectivity index (χ0v) is 12.9. The van der Waals surface area contributed by atoms with Crippen LogP contribution in [0.4, 0.5) is 0 Å². The first kappa shape index (κ1) is 18.9. The van der Waals surface area contributed by atoms with Gasteiger partial charge in [-0.15, -0.1) is 0 Å². The number of carbonyl (C=O) groups excluding carboxylic acids is 1. The van der Waals surface area contributed by atoms with Crippen molar-refractivity contribution in [1.82, 2.24) is 10.6 Å². The Morgan fingerprint density at radius 3 is 2.68 bits per heavy atom. The summed E-state index contributed by atoms with van der Waals surface area (Å²) in [6.07, 6.45) is 2.64. The molecular formula is C13H26BN3O5.